The van der Waals surface area contributed by atoms with Crippen molar-refractivity contribution in [2.45, 2.75) is 38.1 Å². The number of carbonyl (C=O) groups excluding carboxylic acids is 2. The third-order valence-corrected chi connectivity index (χ3v) is 5.90. The number of piperidine rings is 1. The molecular formula is C21H36IN7O3. The maximum absolute atomic E-state index is 12.1. The Morgan fingerprint density at radius 2 is 1.91 bits per heavy atom. The van der Waals surface area contributed by atoms with E-state index in [-0.39, 0.29) is 48.6 Å². The normalized spacial score (nSPS) is 19.5. The Bertz CT molecular complexity index is 790. The van der Waals surface area contributed by atoms with Crippen LogP contribution < -0.4 is 5.32 Å². The lowest BCUT2D eigenvalue weighted by molar-refractivity contribution is -0.127. The fourth-order valence-corrected chi connectivity index (χ4v) is 4.00. The number of ether oxygens (including phenoxy) is 1. The minimum atomic E-state index is -0.245. The van der Waals surface area contributed by atoms with Crippen LogP contribution in [-0.2, 0) is 16.6 Å². The van der Waals surface area contributed by atoms with Crippen molar-refractivity contribution in [3.05, 3.63) is 18.0 Å². The van der Waals surface area contributed by atoms with Gasteiger partial charge in [0.15, 0.2) is 5.96 Å². The summed E-state index contributed by atoms with van der Waals surface area (Å²) in [5.74, 6) is 1.14. The van der Waals surface area contributed by atoms with Gasteiger partial charge in [-0.3, -0.25) is 9.48 Å². The molecule has 1 atom stereocenters. The summed E-state index contributed by atoms with van der Waals surface area (Å²) in [7, 11) is 5.41. The highest BCUT2D eigenvalue weighted by Crippen LogP contribution is 2.27. The molecule has 2 saturated heterocycles. The smallest absolute Gasteiger partial charge is 0.409 e. The number of nitrogens with one attached hydrogen (secondary N) is 1. The molecule has 2 amide bonds. The zero-order valence-corrected chi connectivity index (χ0v) is 21.8. The zero-order valence-electron chi connectivity index (χ0n) is 19.5. The van der Waals surface area contributed by atoms with Crippen molar-refractivity contribution < 1.29 is 14.3 Å². The molecule has 3 heterocycles. The standard InChI is InChI=1S/C21H35N7O3.HI/c1-5-31-21(30)27-10-7-18(8-11-27)24-20(22-13-19(29)25(2)3)28-9-6-16(15-28)17-12-23-26(4)14-17;/h12,14,16,18H,5-11,13,15H2,1-4H3,(H,22,24);1H. The molecule has 0 saturated carbocycles. The van der Waals surface area contributed by atoms with E-state index in [1.54, 1.807) is 23.9 Å². The summed E-state index contributed by atoms with van der Waals surface area (Å²) in [5.41, 5.74) is 1.23. The van der Waals surface area contributed by atoms with Gasteiger partial charge in [-0.1, -0.05) is 0 Å². The van der Waals surface area contributed by atoms with Crippen molar-refractivity contribution in [2.24, 2.45) is 12.0 Å². The first kappa shape index (κ1) is 26.2. The summed E-state index contributed by atoms with van der Waals surface area (Å²) < 4.78 is 6.94. The van der Waals surface area contributed by atoms with Crippen LogP contribution in [0.15, 0.2) is 17.4 Å². The monoisotopic (exact) mass is 561 g/mol. The number of likely N-dealkylation sites (N-methyl/N-ethyl adjacent to an activating group) is 1. The highest BCUT2D eigenvalue weighted by Gasteiger charge is 2.30. The number of nitrogens with zero attached hydrogens (tertiary/aromatic N) is 6. The van der Waals surface area contributed by atoms with Crippen molar-refractivity contribution in [1.29, 1.82) is 0 Å². The van der Waals surface area contributed by atoms with Gasteiger partial charge in [0, 0.05) is 65.5 Å². The molecule has 1 unspecified atom stereocenters. The van der Waals surface area contributed by atoms with Gasteiger partial charge in [-0.15, -0.1) is 24.0 Å². The first-order chi connectivity index (χ1) is 14.9. The second-order valence-electron chi connectivity index (χ2n) is 8.41. The number of guanidine groups is 1. The van der Waals surface area contributed by atoms with E-state index in [1.165, 1.54) is 5.56 Å². The fourth-order valence-electron chi connectivity index (χ4n) is 4.00. The Hall–Kier alpha value is -2.05. The summed E-state index contributed by atoms with van der Waals surface area (Å²) in [6.45, 7) is 5.35. The number of likely N-dealkylation sites (tertiary alicyclic amines) is 2. The Morgan fingerprint density at radius 1 is 1.22 bits per heavy atom. The Balaban J connectivity index is 0.00000363. The summed E-state index contributed by atoms with van der Waals surface area (Å²) >= 11 is 0. The van der Waals surface area contributed by atoms with Gasteiger partial charge in [-0.25, -0.2) is 9.79 Å². The number of amides is 2. The van der Waals surface area contributed by atoms with Gasteiger partial charge in [0.2, 0.25) is 5.91 Å². The van der Waals surface area contributed by atoms with Crippen molar-refractivity contribution in [3.63, 3.8) is 0 Å². The molecule has 0 bridgehead atoms. The quantitative estimate of drug-likeness (QED) is 0.333. The second kappa shape index (κ2) is 12.3. The lowest BCUT2D eigenvalue weighted by atomic mass is 10.0. The van der Waals surface area contributed by atoms with Crippen LogP contribution in [0, 0.1) is 0 Å². The molecule has 2 fully saturated rings. The molecule has 10 nitrogen and oxygen atoms in total. The second-order valence-corrected chi connectivity index (χ2v) is 8.41. The largest absolute Gasteiger partial charge is 0.450 e. The molecule has 1 aromatic rings. The lowest BCUT2D eigenvalue weighted by Crippen LogP contribution is -2.50. The molecule has 2 aliphatic heterocycles. The Morgan fingerprint density at radius 3 is 2.50 bits per heavy atom. The van der Waals surface area contributed by atoms with Crippen molar-refractivity contribution in [3.8, 4) is 0 Å². The maximum atomic E-state index is 12.1. The summed E-state index contributed by atoms with van der Waals surface area (Å²) in [4.78, 5) is 34.3. The third-order valence-electron chi connectivity index (χ3n) is 5.90. The number of hydrogen-bond donors (Lipinski definition) is 1. The van der Waals surface area contributed by atoms with Crippen molar-refractivity contribution in [2.75, 3.05) is 53.4 Å². The van der Waals surface area contributed by atoms with E-state index in [4.69, 9.17) is 4.74 Å². The predicted molar refractivity (Wildman–Crippen MR) is 133 cm³/mol. The number of halogens is 1. The summed E-state index contributed by atoms with van der Waals surface area (Å²) in [6.07, 6.45) is 6.41. The molecule has 3 rings (SSSR count). The van der Waals surface area contributed by atoms with Crippen LogP contribution in [0.5, 0.6) is 0 Å². The average Bonchev–Trinajstić information content (AvgIpc) is 3.40. The summed E-state index contributed by atoms with van der Waals surface area (Å²) in [5, 5.41) is 7.86. The molecule has 0 spiro atoms. The van der Waals surface area contributed by atoms with Crippen LogP contribution in [0.4, 0.5) is 4.79 Å². The fraction of sp³-hybridized carbons (Fsp3) is 0.714. The van der Waals surface area contributed by atoms with Gasteiger partial charge < -0.3 is 24.8 Å². The van der Waals surface area contributed by atoms with Crippen LogP contribution >= 0.6 is 24.0 Å². The molecule has 1 aromatic heterocycles. The van der Waals surface area contributed by atoms with E-state index in [0.29, 0.717) is 25.6 Å². The average molecular weight is 561 g/mol. The number of hydrogen-bond acceptors (Lipinski definition) is 5. The van der Waals surface area contributed by atoms with E-state index in [1.807, 2.05) is 24.9 Å². The first-order valence-electron chi connectivity index (χ1n) is 11.0. The predicted octanol–water partition coefficient (Wildman–Crippen LogP) is 1.48. The molecule has 11 heteroatoms. The third kappa shape index (κ3) is 6.97. The Kier molecular flexibility index (Phi) is 10.0. The molecule has 180 valence electrons. The highest BCUT2D eigenvalue weighted by atomic mass is 127. The molecule has 1 N–H and O–H groups in total. The molecule has 2 aliphatic rings. The van der Waals surface area contributed by atoms with Crippen molar-refractivity contribution in [1.82, 2.24) is 29.8 Å². The van der Waals surface area contributed by atoms with Crippen LogP contribution in [0.3, 0.4) is 0 Å². The van der Waals surface area contributed by atoms with Crippen LogP contribution in [-0.4, -0.2) is 102 Å². The van der Waals surface area contributed by atoms with E-state index < -0.39 is 0 Å². The van der Waals surface area contributed by atoms with Gasteiger partial charge in [0.25, 0.3) is 0 Å². The maximum Gasteiger partial charge on any atom is 0.409 e. The van der Waals surface area contributed by atoms with Gasteiger partial charge in [0.1, 0.15) is 6.54 Å². The first-order valence-corrected chi connectivity index (χ1v) is 11.0. The van der Waals surface area contributed by atoms with Gasteiger partial charge in [0.05, 0.1) is 12.8 Å². The van der Waals surface area contributed by atoms with Crippen LogP contribution in [0.2, 0.25) is 0 Å². The van der Waals surface area contributed by atoms with Crippen molar-refractivity contribution >= 4 is 41.9 Å². The number of carbonyl (C=O) groups is 2. The molecule has 32 heavy (non-hydrogen) atoms. The van der Waals surface area contributed by atoms with E-state index in [0.717, 1.165) is 38.3 Å². The molecular weight excluding hydrogens is 525 g/mol. The number of rotatable bonds is 5. The molecule has 0 aromatic carbocycles. The number of aliphatic imine (C=N–C) groups is 1. The van der Waals surface area contributed by atoms with Gasteiger partial charge in [-0.2, -0.15) is 5.10 Å². The Labute approximate surface area is 207 Å². The molecule has 0 aliphatic carbocycles. The summed E-state index contributed by atoms with van der Waals surface area (Å²) in [6, 6.07) is 0.205. The number of aromatic nitrogens is 2. The zero-order chi connectivity index (χ0) is 22.4. The van der Waals surface area contributed by atoms with Crippen LogP contribution in [0.1, 0.15) is 37.7 Å². The van der Waals surface area contributed by atoms with E-state index >= 15 is 0 Å². The molecule has 0 radical (unpaired) electrons. The van der Waals surface area contributed by atoms with Crippen LogP contribution in [0.25, 0.3) is 0 Å². The number of aryl methyl sites for hydroxylation is 1. The minimum absolute atomic E-state index is 0. The van der Waals surface area contributed by atoms with Gasteiger partial charge in [-0.05, 0) is 31.7 Å². The van der Waals surface area contributed by atoms with E-state index in [9.17, 15) is 9.59 Å². The minimum Gasteiger partial charge on any atom is -0.450 e. The lowest BCUT2D eigenvalue weighted by Gasteiger charge is -2.34. The van der Waals surface area contributed by atoms with E-state index in [2.05, 4.69) is 26.5 Å². The van der Waals surface area contributed by atoms with Gasteiger partial charge >= 0.3 is 6.09 Å². The highest BCUT2D eigenvalue weighted by molar-refractivity contribution is 14.0. The topological polar surface area (TPSA) is 95.3 Å². The SMILES string of the molecule is CCOC(=O)N1CCC(NC(=NCC(=O)N(C)C)N2CCC(c3cnn(C)c3)C2)CC1.I.